The molecule has 0 fully saturated rings. The highest BCUT2D eigenvalue weighted by Gasteiger charge is 2.15. The molecule has 0 aliphatic carbocycles. The van der Waals surface area contributed by atoms with E-state index in [0.29, 0.717) is 5.69 Å². The lowest BCUT2D eigenvalue weighted by molar-refractivity contribution is 0.318. The Morgan fingerprint density at radius 3 is 2.44 bits per heavy atom. The predicted molar refractivity (Wildman–Crippen MR) is 60.7 cm³/mol. The van der Waals surface area contributed by atoms with Gasteiger partial charge in [0.1, 0.15) is 5.69 Å². The molecule has 7 heteroatoms. The van der Waals surface area contributed by atoms with Crippen LogP contribution in [0.2, 0.25) is 0 Å². The molecule has 18 heavy (non-hydrogen) atoms. The summed E-state index contributed by atoms with van der Waals surface area (Å²) in [6.07, 6.45) is 1.44. The van der Waals surface area contributed by atoms with Crippen LogP contribution in [0.3, 0.4) is 0 Å². The number of amidine groups is 1. The van der Waals surface area contributed by atoms with E-state index < -0.39 is 11.6 Å². The second kappa shape index (κ2) is 4.44. The number of aryl methyl sites for hydroxylation is 1. The maximum Gasteiger partial charge on any atom is 0.170 e. The molecule has 0 bridgehead atoms. The Labute approximate surface area is 101 Å². The average molecular weight is 252 g/mol. The first-order valence-corrected chi connectivity index (χ1v) is 5.02. The maximum absolute atomic E-state index is 13.8. The van der Waals surface area contributed by atoms with Gasteiger partial charge in [-0.2, -0.15) is 5.10 Å². The molecule has 94 valence electrons. The van der Waals surface area contributed by atoms with Crippen LogP contribution in [0.5, 0.6) is 0 Å². The van der Waals surface area contributed by atoms with E-state index in [9.17, 15) is 8.78 Å². The van der Waals surface area contributed by atoms with Crippen LogP contribution in [0.25, 0.3) is 5.69 Å². The molecule has 3 N–H and O–H groups in total. The van der Waals surface area contributed by atoms with Crippen LogP contribution in [0, 0.1) is 18.6 Å². The van der Waals surface area contributed by atoms with Gasteiger partial charge in [-0.1, -0.05) is 5.16 Å². The molecule has 0 aliphatic rings. The smallest absolute Gasteiger partial charge is 0.170 e. The molecule has 1 heterocycles. The average Bonchev–Trinajstić information content (AvgIpc) is 2.73. The molecule has 2 aromatic rings. The van der Waals surface area contributed by atoms with E-state index in [1.54, 1.807) is 13.0 Å². The second-order valence-electron chi connectivity index (χ2n) is 3.68. The van der Waals surface area contributed by atoms with Crippen molar-refractivity contribution in [1.82, 2.24) is 9.78 Å². The van der Waals surface area contributed by atoms with Gasteiger partial charge in [-0.05, 0) is 25.1 Å². The Bertz CT molecular complexity index is 598. The second-order valence-corrected chi connectivity index (χ2v) is 3.68. The first-order valence-electron chi connectivity index (χ1n) is 5.02. The molecule has 0 spiro atoms. The fraction of sp³-hybridized carbons (Fsp3) is 0.0909. The number of benzene rings is 1. The summed E-state index contributed by atoms with van der Waals surface area (Å²) in [6, 6.07) is 3.57. The first kappa shape index (κ1) is 12.0. The molecule has 2 rings (SSSR count). The van der Waals surface area contributed by atoms with Crippen molar-refractivity contribution in [3.63, 3.8) is 0 Å². The number of halogens is 2. The summed E-state index contributed by atoms with van der Waals surface area (Å²) < 4.78 is 28.7. The Kier molecular flexibility index (Phi) is 2.97. The van der Waals surface area contributed by atoms with Crippen molar-refractivity contribution >= 4 is 5.84 Å². The van der Waals surface area contributed by atoms with Gasteiger partial charge in [0, 0.05) is 11.8 Å². The van der Waals surface area contributed by atoms with E-state index in [0.717, 1.165) is 16.8 Å². The SMILES string of the molecule is Cc1ccn(-c2c(F)cc(/C(N)=N/O)cc2F)n1. The normalized spacial score (nSPS) is 11.8. The number of nitrogens with two attached hydrogens (primary N) is 1. The van der Waals surface area contributed by atoms with Crippen molar-refractivity contribution in [1.29, 1.82) is 0 Å². The highest BCUT2D eigenvalue weighted by Crippen LogP contribution is 2.19. The van der Waals surface area contributed by atoms with Crippen molar-refractivity contribution in [3.05, 3.63) is 47.3 Å². The van der Waals surface area contributed by atoms with Crippen molar-refractivity contribution in [2.75, 3.05) is 0 Å². The third-order valence-corrected chi connectivity index (χ3v) is 2.37. The Hall–Kier alpha value is -2.44. The lowest BCUT2D eigenvalue weighted by Crippen LogP contribution is -2.15. The summed E-state index contributed by atoms with van der Waals surface area (Å²) in [5.74, 6) is -2.06. The molecule has 0 atom stereocenters. The van der Waals surface area contributed by atoms with Gasteiger partial charge in [-0.3, -0.25) is 0 Å². The summed E-state index contributed by atoms with van der Waals surface area (Å²) in [5, 5.41) is 15.1. The van der Waals surface area contributed by atoms with Crippen LogP contribution in [0.15, 0.2) is 29.6 Å². The van der Waals surface area contributed by atoms with Gasteiger partial charge in [0.2, 0.25) is 0 Å². The minimum atomic E-state index is -0.847. The highest BCUT2D eigenvalue weighted by molar-refractivity contribution is 5.97. The van der Waals surface area contributed by atoms with Crippen LogP contribution in [0.4, 0.5) is 8.78 Å². The summed E-state index contributed by atoms with van der Waals surface area (Å²) in [5.41, 5.74) is 5.55. The summed E-state index contributed by atoms with van der Waals surface area (Å²) in [4.78, 5) is 0. The van der Waals surface area contributed by atoms with E-state index in [-0.39, 0.29) is 17.1 Å². The minimum Gasteiger partial charge on any atom is -0.409 e. The predicted octanol–water partition coefficient (Wildman–Crippen LogP) is 1.55. The van der Waals surface area contributed by atoms with E-state index in [2.05, 4.69) is 10.3 Å². The van der Waals surface area contributed by atoms with Gasteiger partial charge < -0.3 is 10.9 Å². The number of nitrogens with zero attached hydrogens (tertiary/aromatic N) is 3. The van der Waals surface area contributed by atoms with Crippen LogP contribution in [0.1, 0.15) is 11.3 Å². The van der Waals surface area contributed by atoms with Crippen LogP contribution < -0.4 is 5.73 Å². The van der Waals surface area contributed by atoms with E-state index in [1.165, 1.54) is 6.20 Å². The lowest BCUT2D eigenvalue weighted by Gasteiger charge is -2.07. The van der Waals surface area contributed by atoms with Gasteiger partial charge in [0.15, 0.2) is 17.5 Å². The fourth-order valence-electron chi connectivity index (χ4n) is 1.53. The van der Waals surface area contributed by atoms with Crippen molar-refractivity contribution in [2.24, 2.45) is 10.9 Å². The van der Waals surface area contributed by atoms with Gasteiger partial charge in [0.25, 0.3) is 0 Å². The third kappa shape index (κ3) is 2.02. The molecular formula is C11H10F2N4O. The van der Waals surface area contributed by atoms with Gasteiger partial charge in [-0.25, -0.2) is 13.5 Å². The zero-order valence-corrected chi connectivity index (χ0v) is 9.43. The molecule has 0 aliphatic heterocycles. The molecule has 0 saturated heterocycles. The molecular weight excluding hydrogens is 242 g/mol. The first-order chi connectivity index (χ1) is 8.52. The monoisotopic (exact) mass is 252 g/mol. The summed E-state index contributed by atoms with van der Waals surface area (Å²) >= 11 is 0. The molecule has 0 radical (unpaired) electrons. The highest BCUT2D eigenvalue weighted by atomic mass is 19.1. The Balaban J connectivity index is 2.58. The quantitative estimate of drug-likeness (QED) is 0.368. The maximum atomic E-state index is 13.8. The van der Waals surface area contributed by atoms with Crippen molar-refractivity contribution < 1.29 is 14.0 Å². The largest absolute Gasteiger partial charge is 0.409 e. The zero-order valence-electron chi connectivity index (χ0n) is 9.43. The third-order valence-electron chi connectivity index (χ3n) is 2.37. The molecule has 0 saturated carbocycles. The van der Waals surface area contributed by atoms with Crippen LogP contribution in [-0.2, 0) is 0 Å². The zero-order chi connectivity index (χ0) is 13.3. The fourth-order valence-corrected chi connectivity index (χ4v) is 1.53. The van der Waals surface area contributed by atoms with Crippen molar-refractivity contribution in [2.45, 2.75) is 6.92 Å². The lowest BCUT2D eigenvalue weighted by atomic mass is 10.1. The Morgan fingerprint density at radius 2 is 2.00 bits per heavy atom. The topological polar surface area (TPSA) is 76.4 Å². The van der Waals surface area contributed by atoms with Crippen LogP contribution in [-0.4, -0.2) is 20.8 Å². The van der Waals surface area contributed by atoms with E-state index >= 15 is 0 Å². The molecule has 1 aromatic heterocycles. The number of hydrogen-bond donors (Lipinski definition) is 2. The minimum absolute atomic E-state index is 0.0415. The summed E-state index contributed by atoms with van der Waals surface area (Å²) in [7, 11) is 0. The van der Waals surface area contributed by atoms with Gasteiger partial charge >= 0.3 is 0 Å². The summed E-state index contributed by atoms with van der Waals surface area (Å²) in [6.45, 7) is 1.71. The van der Waals surface area contributed by atoms with Gasteiger partial charge in [-0.15, -0.1) is 0 Å². The Morgan fingerprint density at radius 1 is 1.39 bits per heavy atom. The molecule has 5 nitrogen and oxygen atoms in total. The van der Waals surface area contributed by atoms with Crippen molar-refractivity contribution in [3.8, 4) is 5.69 Å². The molecule has 0 amide bonds. The number of aromatic nitrogens is 2. The molecule has 0 unspecified atom stereocenters. The number of hydrogen-bond acceptors (Lipinski definition) is 3. The van der Waals surface area contributed by atoms with Crippen LogP contribution >= 0.6 is 0 Å². The van der Waals surface area contributed by atoms with Gasteiger partial charge in [0.05, 0.1) is 5.69 Å². The standard InChI is InChI=1S/C11H10F2N4O/c1-6-2-3-17(15-6)10-8(12)4-7(5-9(10)13)11(14)16-18/h2-5,18H,1H3,(H2,14,16). The number of rotatable bonds is 2. The molecule has 1 aromatic carbocycles. The van der Waals surface area contributed by atoms with E-state index in [4.69, 9.17) is 10.9 Å². The van der Waals surface area contributed by atoms with E-state index in [1.807, 2.05) is 0 Å². The number of oxime groups is 1.